The maximum Gasteiger partial charge on any atom is 0.258 e. The van der Waals surface area contributed by atoms with Crippen LogP contribution in [0.2, 0.25) is 0 Å². The largest absolute Gasteiger partial charge is 0.298 e. The fraction of sp³-hybridized carbons (Fsp3) is 0.111. The number of hydrogen-bond donors (Lipinski definition) is 1. The number of nitrogens with zero attached hydrogens (tertiary/aromatic N) is 1. The third kappa shape index (κ3) is 4.12. The number of hydrogen-bond acceptors (Lipinski definition) is 3. The Kier molecular flexibility index (Phi) is 5.48. The van der Waals surface area contributed by atoms with Gasteiger partial charge in [0, 0.05) is 20.2 Å². The lowest BCUT2D eigenvalue weighted by molar-refractivity contribution is 0.102. The second kappa shape index (κ2) is 7.59. The molecule has 122 valence electrons. The number of amides is 1. The number of nitrogens with one attached hydrogen (secondary N) is 1. The summed E-state index contributed by atoms with van der Waals surface area (Å²) in [7, 11) is 0. The van der Waals surface area contributed by atoms with Crippen LogP contribution in [-0.2, 0) is 6.42 Å². The number of benzene rings is 2. The summed E-state index contributed by atoms with van der Waals surface area (Å²) in [5.74, 6) is -0.162. The first-order chi connectivity index (χ1) is 11.5. The van der Waals surface area contributed by atoms with Gasteiger partial charge in [-0.05, 0) is 52.7 Å². The van der Waals surface area contributed by atoms with E-state index in [1.807, 2.05) is 37.3 Å². The number of aryl methyl sites for hydroxylation is 1. The molecule has 2 aromatic carbocycles. The number of carbonyl (C=O) groups excluding carboxylic acids is 1. The number of aromatic nitrogens is 1. The van der Waals surface area contributed by atoms with Crippen molar-refractivity contribution in [2.24, 2.45) is 0 Å². The lowest BCUT2D eigenvalue weighted by Gasteiger charge is -2.03. The van der Waals surface area contributed by atoms with E-state index in [2.05, 4.69) is 54.3 Å². The molecule has 0 saturated carbocycles. The van der Waals surface area contributed by atoms with Crippen molar-refractivity contribution in [2.75, 3.05) is 5.32 Å². The van der Waals surface area contributed by atoms with E-state index in [-0.39, 0.29) is 5.91 Å². The predicted molar refractivity (Wildman–Crippen MR) is 106 cm³/mol. The van der Waals surface area contributed by atoms with Crippen molar-refractivity contribution in [3.63, 3.8) is 0 Å². The molecule has 0 aliphatic rings. The van der Waals surface area contributed by atoms with Crippen LogP contribution in [0.1, 0.15) is 26.5 Å². The number of anilines is 1. The molecule has 3 rings (SSSR count). The third-order valence-corrected chi connectivity index (χ3v) is 5.74. The standard InChI is InChI=1S/C18H14Br2N2OS/c1-11-16(10-12-5-4-6-13(19)9-12)24-18(21-11)22-17(23)14-7-2-3-8-15(14)20/h2-9H,10H2,1H3,(H,21,22,23). The molecule has 1 heterocycles. The Morgan fingerprint density at radius 1 is 1.17 bits per heavy atom. The zero-order valence-electron chi connectivity index (χ0n) is 12.8. The average molecular weight is 466 g/mol. The topological polar surface area (TPSA) is 42.0 Å². The molecule has 24 heavy (non-hydrogen) atoms. The van der Waals surface area contributed by atoms with E-state index >= 15 is 0 Å². The first kappa shape index (κ1) is 17.3. The fourth-order valence-corrected chi connectivity index (χ4v) is 4.19. The molecule has 0 radical (unpaired) electrons. The predicted octanol–water partition coefficient (Wildman–Crippen LogP) is 5.82. The minimum absolute atomic E-state index is 0.162. The molecule has 0 aliphatic heterocycles. The first-order valence-electron chi connectivity index (χ1n) is 7.29. The van der Waals surface area contributed by atoms with Crippen LogP contribution in [0.3, 0.4) is 0 Å². The highest BCUT2D eigenvalue weighted by Crippen LogP contribution is 2.27. The number of carbonyl (C=O) groups is 1. The van der Waals surface area contributed by atoms with Crippen molar-refractivity contribution in [1.82, 2.24) is 4.98 Å². The Bertz CT molecular complexity index is 892. The molecule has 0 atom stereocenters. The van der Waals surface area contributed by atoms with Crippen LogP contribution in [0.5, 0.6) is 0 Å². The minimum Gasteiger partial charge on any atom is -0.298 e. The second-order valence-corrected chi connectivity index (χ2v) is 8.12. The lowest BCUT2D eigenvalue weighted by atomic mass is 10.1. The second-order valence-electron chi connectivity index (χ2n) is 5.27. The normalized spacial score (nSPS) is 10.6. The molecular formula is C18H14Br2N2OS. The van der Waals surface area contributed by atoms with Crippen molar-refractivity contribution < 1.29 is 4.79 Å². The third-order valence-electron chi connectivity index (χ3n) is 3.49. The van der Waals surface area contributed by atoms with E-state index in [9.17, 15) is 4.79 Å². The highest BCUT2D eigenvalue weighted by molar-refractivity contribution is 9.10. The first-order valence-corrected chi connectivity index (χ1v) is 9.70. The molecule has 3 nitrogen and oxygen atoms in total. The van der Waals surface area contributed by atoms with Crippen LogP contribution in [0.4, 0.5) is 5.13 Å². The van der Waals surface area contributed by atoms with Crippen LogP contribution in [-0.4, -0.2) is 10.9 Å². The summed E-state index contributed by atoms with van der Waals surface area (Å²) in [6.45, 7) is 1.97. The molecule has 0 aliphatic carbocycles. The van der Waals surface area contributed by atoms with Gasteiger partial charge >= 0.3 is 0 Å². The smallest absolute Gasteiger partial charge is 0.258 e. The van der Waals surface area contributed by atoms with Crippen LogP contribution >= 0.6 is 43.2 Å². The number of halogens is 2. The van der Waals surface area contributed by atoms with Crippen molar-refractivity contribution in [2.45, 2.75) is 13.3 Å². The quantitative estimate of drug-likeness (QED) is 0.527. The van der Waals surface area contributed by atoms with Gasteiger partial charge in [-0.3, -0.25) is 10.1 Å². The molecular weight excluding hydrogens is 452 g/mol. The molecule has 1 amide bonds. The van der Waals surface area contributed by atoms with Crippen molar-refractivity contribution in [3.05, 3.63) is 79.2 Å². The van der Waals surface area contributed by atoms with E-state index < -0.39 is 0 Å². The Morgan fingerprint density at radius 2 is 1.96 bits per heavy atom. The minimum atomic E-state index is -0.162. The highest BCUT2D eigenvalue weighted by atomic mass is 79.9. The number of rotatable bonds is 4. The molecule has 0 unspecified atom stereocenters. The van der Waals surface area contributed by atoms with Crippen LogP contribution < -0.4 is 5.32 Å². The Hall–Kier alpha value is -1.50. The Balaban J connectivity index is 1.77. The van der Waals surface area contributed by atoms with Crippen molar-refractivity contribution in [3.8, 4) is 0 Å². The van der Waals surface area contributed by atoms with Gasteiger partial charge in [0.05, 0.1) is 11.3 Å². The van der Waals surface area contributed by atoms with E-state index in [4.69, 9.17) is 0 Å². The summed E-state index contributed by atoms with van der Waals surface area (Å²) < 4.78 is 1.83. The van der Waals surface area contributed by atoms with E-state index in [1.165, 1.54) is 16.9 Å². The lowest BCUT2D eigenvalue weighted by Crippen LogP contribution is -2.12. The summed E-state index contributed by atoms with van der Waals surface area (Å²) in [5.41, 5.74) is 2.75. The maximum atomic E-state index is 12.4. The van der Waals surface area contributed by atoms with E-state index in [1.54, 1.807) is 6.07 Å². The van der Waals surface area contributed by atoms with Gasteiger partial charge in [-0.15, -0.1) is 11.3 Å². The monoisotopic (exact) mass is 464 g/mol. The zero-order valence-corrected chi connectivity index (χ0v) is 16.8. The SMILES string of the molecule is Cc1nc(NC(=O)c2ccccc2Br)sc1Cc1cccc(Br)c1. The number of thiazole rings is 1. The molecule has 0 fully saturated rings. The summed E-state index contributed by atoms with van der Waals surface area (Å²) >= 11 is 8.40. The van der Waals surface area contributed by atoms with E-state index in [0.29, 0.717) is 10.7 Å². The highest BCUT2D eigenvalue weighted by Gasteiger charge is 2.14. The molecule has 0 spiro atoms. The molecule has 3 aromatic rings. The molecule has 1 aromatic heterocycles. The van der Waals surface area contributed by atoms with Gasteiger partial charge in [0.25, 0.3) is 5.91 Å². The summed E-state index contributed by atoms with van der Waals surface area (Å²) in [6, 6.07) is 15.6. The Labute approximate surface area is 161 Å². The molecule has 6 heteroatoms. The van der Waals surface area contributed by atoms with Gasteiger partial charge in [0.15, 0.2) is 5.13 Å². The van der Waals surface area contributed by atoms with E-state index in [0.717, 1.165) is 25.9 Å². The molecule has 1 N–H and O–H groups in total. The van der Waals surface area contributed by atoms with Gasteiger partial charge in [-0.2, -0.15) is 0 Å². The Morgan fingerprint density at radius 3 is 2.71 bits per heavy atom. The van der Waals surface area contributed by atoms with Crippen LogP contribution in [0.15, 0.2) is 57.5 Å². The van der Waals surface area contributed by atoms with Crippen molar-refractivity contribution in [1.29, 1.82) is 0 Å². The summed E-state index contributed by atoms with van der Waals surface area (Å²) in [6.07, 6.45) is 0.799. The van der Waals surface area contributed by atoms with Crippen LogP contribution in [0.25, 0.3) is 0 Å². The summed E-state index contributed by atoms with van der Waals surface area (Å²) in [5, 5.41) is 3.51. The molecule has 0 saturated heterocycles. The average Bonchev–Trinajstić information content (AvgIpc) is 2.87. The van der Waals surface area contributed by atoms with Crippen molar-refractivity contribution >= 4 is 54.2 Å². The van der Waals surface area contributed by atoms with Crippen LogP contribution in [0, 0.1) is 6.92 Å². The van der Waals surface area contributed by atoms with Gasteiger partial charge < -0.3 is 0 Å². The van der Waals surface area contributed by atoms with Gasteiger partial charge in [-0.25, -0.2) is 4.98 Å². The fourth-order valence-electron chi connectivity index (χ4n) is 2.29. The summed E-state index contributed by atoms with van der Waals surface area (Å²) in [4.78, 5) is 18.0. The van der Waals surface area contributed by atoms with Gasteiger partial charge in [-0.1, -0.05) is 40.2 Å². The van der Waals surface area contributed by atoms with Gasteiger partial charge in [0.1, 0.15) is 0 Å². The maximum absolute atomic E-state index is 12.4. The molecule has 0 bridgehead atoms. The van der Waals surface area contributed by atoms with Gasteiger partial charge in [0.2, 0.25) is 0 Å². The zero-order chi connectivity index (χ0) is 17.1.